The predicted molar refractivity (Wildman–Crippen MR) is 63.2 cm³/mol. The largest absolute Gasteiger partial charge is 0.492 e. The molecule has 90 valence electrons. The van der Waals surface area contributed by atoms with Crippen molar-refractivity contribution < 1.29 is 13.5 Å². The molecule has 0 aliphatic rings. The van der Waals surface area contributed by atoms with Gasteiger partial charge in [0, 0.05) is 12.4 Å². The van der Waals surface area contributed by atoms with Crippen molar-refractivity contribution >= 4 is 11.1 Å². The van der Waals surface area contributed by atoms with Crippen LogP contribution in [-0.2, 0) is 17.6 Å². The number of aromatic nitrogens is 2. The van der Waals surface area contributed by atoms with Crippen LogP contribution in [-0.4, -0.2) is 25.1 Å². The third-order valence-electron chi connectivity index (χ3n) is 2.17. The van der Waals surface area contributed by atoms with Gasteiger partial charge in [0.2, 0.25) is 0 Å². The lowest BCUT2D eigenvalue weighted by Gasteiger charge is -2.06. The van der Waals surface area contributed by atoms with E-state index in [9.17, 15) is 4.21 Å². The molecule has 0 saturated carbocycles. The van der Waals surface area contributed by atoms with Crippen LogP contribution in [0.2, 0.25) is 0 Å². The molecule has 6 heteroatoms. The molecule has 1 aromatic heterocycles. The highest BCUT2D eigenvalue weighted by molar-refractivity contribution is 7.79. The first kappa shape index (κ1) is 11.8. The van der Waals surface area contributed by atoms with Crippen LogP contribution in [0.5, 0.6) is 5.75 Å². The second kappa shape index (κ2) is 5.60. The number of nitrogens with zero attached hydrogens (tertiary/aromatic N) is 2. The Labute approximate surface area is 101 Å². The van der Waals surface area contributed by atoms with E-state index in [1.54, 1.807) is 35.1 Å². The van der Waals surface area contributed by atoms with Crippen LogP contribution in [0, 0.1) is 0 Å². The lowest BCUT2D eigenvalue weighted by molar-refractivity contribution is 0.291. The van der Waals surface area contributed by atoms with Gasteiger partial charge in [-0.3, -0.25) is 4.68 Å². The molecule has 0 spiro atoms. The summed E-state index contributed by atoms with van der Waals surface area (Å²) in [7, 11) is 0. The molecule has 1 aromatic carbocycles. The molecule has 0 aliphatic carbocycles. The highest BCUT2D eigenvalue weighted by Gasteiger charge is 2.00. The fraction of sp³-hybridized carbons (Fsp3) is 0.182. The van der Waals surface area contributed by atoms with Gasteiger partial charge in [-0.1, -0.05) is 0 Å². The molecule has 17 heavy (non-hydrogen) atoms. The lowest BCUT2D eigenvalue weighted by Crippen LogP contribution is -2.08. The van der Waals surface area contributed by atoms with Crippen LogP contribution >= 0.6 is 0 Å². The van der Waals surface area contributed by atoms with E-state index < -0.39 is 11.1 Å². The molecule has 0 bridgehead atoms. The summed E-state index contributed by atoms with van der Waals surface area (Å²) in [6.45, 7) is 1.17. The summed E-state index contributed by atoms with van der Waals surface area (Å²) < 4.78 is 26.8. The summed E-state index contributed by atoms with van der Waals surface area (Å²) in [5.41, 5.74) is 0. The summed E-state index contributed by atoms with van der Waals surface area (Å²) >= 11 is -1.94. The minimum absolute atomic E-state index is 0.365. The molecular formula is C11H12N2O3S. The minimum Gasteiger partial charge on any atom is -0.492 e. The first-order valence-corrected chi connectivity index (χ1v) is 6.17. The highest BCUT2D eigenvalue weighted by atomic mass is 32.2. The number of rotatable bonds is 5. The standard InChI is InChI=1S/C11H12N2O3S/c14-17(15)11-4-2-10(3-5-11)16-9-8-13-7-1-6-12-13/h1-7H,8-9H2,(H,14,15). The average Bonchev–Trinajstić information content (AvgIpc) is 2.83. The zero-order valence-corrected chi connectivity index (χ0v) is 9.84. The van der Waals surface area contributed by atoms with Crippen molar-refractivity contribution in [2.45, 2.75) is 11.4 Å². The van der Waals surface area contributed by atoms with E-state index in [0.717, 1.165) is 0 Å². The van der Waals surface area contributed by atoms with E-state index in [1.165, 1.54) is 0 Å². The predicted octanol–water partition coefficient (Wildman–Crippen LogP) is 1.54. The number of benzene rings is 1. The molecule has 1 unspecified atom stereocenters. The summed E-state index contributed by atoms with van der Waals surface area (Å²) in [4.78, 5) is 0.365. The molecule has 2 aromatic rings. The SMILES string of the molecule is O=S(O)c1ccc(OCCn2cccn2)cc1. The van der Waals surface area contributed by atoms with Crippen molar-refractivity contribution in [3.63, 3.8) is 0 Å². The van der Waals surface area contributed by atoms with Gasteiger partial charge in [0.1, 0.15) is 12.4 Å². The van der Waals surface area contributed by atoms with E-state index >= 15 is 0 Å². The normalized spacial score (nSPS) is 12.3. The maximum absolute atomic E-state index is 10.7. The molecule has 1 N–H and O–H groups in total. The highest BCUT2D eigenvalue weighted by Crippen LogP contribution is 2.13. The van der Waals surface area contributed by atoms with Crippen LogP contribution in [0.25, 0.3) is 0 Å². The van der Waals surface area contributed by atoms with Crippen molar-refractivity contribution in [2.75, 3.05) is 6.61 Å². The van der Waals surface area contributed by atoms with Crippen LogP contribution in [0.15, 0.2) is 47.6 Å². The molecule has 0 radical (unpaired) electrons. The molecular weight excluding hydrogens is 240 g/mol. The third-order valence-corrected chi connectivity index (χ3v) is 2.85. The van der Waals surface area contributed by atoms with Gasteiger partial charge in [-0.2, -0.15) is 5.10 Å². The lowest BCUT2D eigenvalue weighted by atomic mass is 10.3. The maximum atomic E-state index is 10.7. The van der Waals surface area contributed by atoms with Crippen molar-refractivity contribution in [1.82, 2.24) is 9.78 Å². The van der Waals surface area contributed by atoms with Gasteiger partial charge >= 0.3 is 0 Å². The molecule has 1 heterocycles. The summed E-state index contributed by atoms with van der Waals surface area (Å²) in [6.07, 6.45) is 3.58. The average molecular weight is 252 g/mol. The Morgan fingerprint density at radius 1 is 1.35 bits per heavy atom. The Kier molecular flexibility index (Phi) is 3.89. The smallest absolute Gasteiger partial charge is 0.186 e. The molecule has 0 aliphatic heterocycles. The molecule has 0 amide bonds. The Bertz CT molecular complexity index is 482. The van der Waals surface area contributed by atoms with Crippen molar-refractivity contribution in [3.8, 4) is 5.75 Å². The molecule has 0 saturated heterocycles. The fourth-order valence-corrected chi connectivity index (χ4v) is 1.71. The Balaban J connectivity index is 1.85. The zero-order valence-electron chi connectivity index (χ0n) is 9.02. The summed E-state index contributed by atoms with van der Waals surface area (Å²) in [5, 5.41) is 4.05. The van der Waals surface area contributed by atoms with Crippen molar-refractivity contribution in [3.05, 3.63) is 42.7 Å². The number of ether oxygens (including phenoxy) is 1. The summed E-state index contributed by atoms with van der Waals surface area (Å²) in [6, 6.07) is 8.34. The van der Waals surface area contributed by atoms with Gasteiger partial charge in [0.05, 0.1) is 11.4 Å². The first-order chi connectivity index (χ1) is 8.25. The van der Waals surface area contributed by atoms with E-state index in [4.69, 9.17) is 9.29 Å². The van der Waals surface area contributed by atoms with Crippen molar-refractivity contribution in [1.29, 1.82) is 0 Å². The molecule has 2 rings (SSSR count). The molecule has 5 nitrogen and oxygen atoms in total. The van der Waals surface area contributed by atoms with Crippen LogP contribution in [0.3, 0.4) is 0 Å². The Hall–Kier alpha value is -1.66. The topological polar surface area (TPSA) is 64.3 Å². The van der Waals surface area contributed by atoms with E-state index in [2.05, 4.69) is 5.10 Å². The van der Waals surface area contributed by atoms with E-state index in [-0.39, 0.29) is 0 Å². The Morgan fingerprint density at radius 2 is 2.12 bits per heavy atom. The zero-order chi connectivity index (χ0) is 12.1. The van der Waals surface area contributed by atoms with Gasteiger partial charge in [0.15, 0.2) is 11.1 Å². The second-order valence-electron chi connectivity index (χ2n) is 3.34. The monoisotopic (exact) mass is 252 g/mol. The van der Waals surface area contributed by atoms with Crippen LogP contribution < -0.4 is 4.74 Å². The third kappa shape index (κ3) is 3.40. The van der Waals surface area contributed by atoms with Gasteiger partial charge in [0.25, 0.3) is 0 Å². The van der Waals surface area contributed by atoms with Crippen LogP contribution in [0.4, 0.5) is 0 Å². The second-order valence-corrected chi connectivity index (χ2v) is 4.31. The summed E-state index contributed by atoms with van der Waals surface area (Å²) in [5.74, 6) is 0.673. The van der Waals surface area contributed by atoms with E-state index in [1.807, 2.05) is 12.3 Å². The number of hydrogen-bond acceptors (Lipinski definition) is 3. The van der Waals surface area contributed by atoms with E-state index in [0.29, 0.717) is 23.8 Å². The molecule has 1 atom stereocenters. The van der Waals surface area contributed by atoms with Gasteiger partial charge < -0.3 is 9.29 Å². The van der Waals surface area contributed by atoms with Gasteiger partial charge in [-0.05, 0) is 30.3 Å². The van der Waals surface area contributed by atoms with Crippen molar-refractivity contribution in [2.24, 2.45) is 0 Å². The van der Waals surface area contributed by atoms with Crippen LogP contribution in [0.1, 0.15) is 0 Å². The number of hydrogen-bond donors (Lipinski definition) is 1. The van der Waals surface area contributed by atoms with Gasteiger partial charge in [-0.15, -0.1) is 0 Å². The fourth-order valence-electron chi connectivity index (χ4n) is 1.34. The first-order valence-electron chi connectivity index (χ1n) is 5.07. The molecule has 0 fully saturated rings. The van der Waals surface area contributed by atoms with Gasteiger partial charge in [-0.25, -0.2) is 4.21 Å². The maximum Gasteiger partial charge on any atom is 0.186 e. The minimum atomic E-state index is -1.94. The quantitative estimate of drug-likeness (QED) is 0.820. The Morgan fingerprint density at radius 3 is 2.71 bits per heavy atom.